The van der Waals surface area contributed by atoms with Gasteiger partial charge in [-0.25, -0.2) is 4.79 Å². The minimum Gasteiger partial charge on any atom is -0.454 e. The third-order valence-corrected chi connectivity index (χ3v) is 5.11. The number of fused-ring (bicyclic) bond motifs is 1. The first-order valence-corrected chi connectivity index (χ1v) is 8.59. The van der Waals surface area contributed by atoms with Crippen LogP contribution in [0.15, 0.2) is 18.2 Å². The van der Waals surface area contributed by atoms with Gasteiger partial charge in [-0.05, 0) is 30.0 Å². The van der Waals surface area contributed by atoms with Gasteiger partial charge in [-0.2, -0.15) is 0 Å². The first kappa shape index (κ1) is 15.6. The molecule has 0 aliphatic carbocycles. The van der Waals surface area contributed by atoms with Crippen LogP contribution in [0.4, 0.5) is 4.79 Å². The van der Waals surface area contributed by atoms with Crippen molar-refractivity contribution in [1.29, 1.82) is 0 Å². The lowest BCUT2D eigenvalue weighted by Gasteiger charge is -2.37. The molecule has 1 atom stereocenters. The van der Waals surface area contributed by atoms with E-state index in [2.05, 4.69) is 24.0 Å². The average Bonchev–Trinajstić information content (AvgIpc) is 3.16. The van der Waals surface area contributed by atoms with Crippen LogP contribution in [0.1, 0.15) is 25.3 Å². The molecule has 6 nitrogen and oxygen atoms in total. The van der Waals surface area contributed by atoms with Crippen molar-refractivity contribution in [2.45, 2.75) is 31.8 Å². The van der Waals surface area contributed by atoms with Gasteiger partial charge in [-0.3, -0.25) is 0 Å². The number of likely N-dealkylation sites (tertiary alicyclic amines) is 1. The standard InChI is InChI=1S/C18H23NO5/c1-13(8-14-2-3-15-16(9-14)23-12-22-15)10-19-6-4-18(5-7-19)11-21-17(20)24-18/h2-3,9,13H,4-8,10-12H2,1H3. The van der Waals surface area contributed by atoms with Crippen LogP contribution in [0.5, 0.6) is 11.5 Å². The number of piperidine rings is 1. The Kier molecular flexibility index (Phi) is 4.00. The number of hydrogen-bond acceptors (Lipinski definition) is 6. The molecule has 0 N–H and O–H groups in total. The number of carbonyl (C=O) groups is 1. The number of cyclic esters (lactones) is 1. The first-order valence-electron chi connectivity index (χ1n) is 8.59. The van der Waals surface area contributed by atoms with Gasteiger partial charge in [-0.15, -0.1) is 0 Å². The fourth-order valence-electron chi connectivity index (χ4n) is 3.79. The summed E-state index contributed by atoms with van der Waals surface area (Å²) in [4.78, 5) is 13.6. The van der Waals surface area contributed by atoms with Crippen LogP contribution in [0.3, 0.4) is 0 Å². The normalized spacial score (nSPS) is 23.1. The van der Waals surface area contributed by atoms with Gasteiger partial charge in [0.15, 0.2) is 17.1 Å². The van der Waals surface area contributed by atoms with E-state index >= 15 is 0 Å². The molecule has 0 saturated carbocycles. The predicted octanol–water partition coefficient (Wildman–Crippen LogP) is 2.60. The summed E-state index contributed by atoms with van der Waals surface area (Å²) in [7, 11) is 0. The lowest BCUT2D eigenvalue weighted by molar-refractivity contribution is -0.00254. The van der Waals surface area contributed by atoms with Crippen molar-refractivity contribution in [3.05, 3.63) is 23.8 Å². The second-order valence-corrected chi connectivity index (χ2v) is 7.12. The molecule has 1 unspecified atom stereocenters. The Bertz CT molecular complexity index is 624. The maximum Gasteiger partial charge on any atom is 0.509 e. The van der Waals surface area contributed by atoms with Crippen molar-refractivity contribution in [1.82, 2.24) is 4.90 Å². The van der Waals surface area contributed by atoms with Crippen molar-refractivity contribution in [3.63, 3.8) is 0 Å². The highest BCUT2D eigenvalue weighted by atomic mass is 16.8. The molecular weight excluding hydrogens is 310 g/mol. The third-order valence-electron chi connectivity index (χ3n) is 5.11. The largest absolute Gasteiger partial charge is 0.509 e. The van der Waals surface area contributed by atoms with Gasteiger partial charge in [0.2, 0.25) is 6.79 Å². The molecule has 4 rings (SSSR count). The van der Waals surface area contributed by atoms with Gasteiger partial charge in [0.25, 0.3) is 0 Å². The first-order chi connectivity index (χ1) is 11.6. The van der Waals surface area contributed by atoms with E-state index in [4.69, 9.17) is 18.9 Å². The molecule has 3 aliphatic heterocycles. The van der Waals surface area contributed by atoms with E-state index in [1.807, 2.05) is 6.07 Å². The molecule has 0 bridgehead atoms. The molecule has 0 aromatic heterocycles. The Hall–Kier alpha value is -1.95. The summed E-state index contributed by atoms with van der Waals surface area (Å²) in [5.74, 6) is 2.23. The third kappa shape index (κ3) is 3.15. The Morgan fingerprint density at radius 2 is 1.96 bits per heavy atom. The summed E-state index contributed by atoms with van der Waals surface area (Å²) in [5, 5.41) is 0. The smallest absolute Gasteiger partial charge is 0.454 e. The highest BCUT2D eigenvalue weighted by molar-refractivity contribution is 5.62. The lowest BCUT2D eigenvalue weighted by Crippen LogP contribution is -2.47. The quantitative estimate of drug-likeness (QED) is 0.790. The Morgan fingerprint density at radius 3 is 2.71 bits per heavy atom. The number of ether oxygens (including phenoxy) is 4. The maximum atomic E-state index is 11.2. The molecule has 1 aromatic rings. The van der Waals surface area contributed by atoms with Gasteiger partial charge in [0.05, 0.1) is 0 Å². The van der Waals surface area contributed by atoms with E-state index in [1.165, 1.54) is 5.56 Å². The number of hydrogen-bond donors (Lipinski definition) is 0. The van der Waals surface area contributed by atoms with Gasteiger partial charge in [-0.1, -0.05) is 13.0 Å². The van der Waals surface area contributed by atoms with Gasteiger partial charge in [0, 0.05) is 32.5 Å². The summed E-state index contributed by atoms with van der Waals surface area (Å²) in [5.41, 5.74) is 0.909. The molecule has 6 heteroatoms. The summed E-state index contributed by atoms with van der Waals surface area (Å²) in [6.45, 7) is 5.93. The molecule has 2 fully saturated rings. The molecule has 3 heterocycles. The van der Waals surface area contributed by atoms with Crippen LogP contribution in [-0.2, 0) is 15.9 Å². The molecule has 130 valence electrons. The van der Waals surface area contributed by atoms with Crippen molar-refractivity contribution in [2.24, 2.45) is 5.92 Å². The fraction of sp³-hybridized carbons (Fsp3) is 0.611. The molecule has 1 aromatic carbocycles. The summed E-state index contributed by atoms with van der Waals surface area (Å²) >= 11 is 0. The molecular formula is C18H23NO5. The molecule has 2 saturated heterocycles. The highest BCUT2D eigenvalue weighted by Gasteiger charge is 2.44. The van der Waals surface area contributed by atoms with Gasteiger partial charge in [0.1, 0.15) is 6.61 Å². The molecule has 0 amide bonds. The topological polar surface area (TPSA) is 57.2 Å². The number of carbonyl (C=O) groups excluding carboxylic acids is 1. The SMILES string of the molecule is CC(Cc1ccc2c(c1)OCO2)CN1CCC2(CC1)COC(=O)O2. The zero-order valence-corrected chi connectivity index (χ0v) is 14.0. The Balaban J connectivity index is 1.28. The number of nitrogens with zero attached hydrogens (tertiary/aromatic N) is 1. The van der Waals surface area contributed by atoms with E-state index in [1.54, 1.807) is 0 Å². The molecule has 0 radical (unpaired) electrons. The van der Waals surface area contributed by atoms with E-state index < -0.39 is 6.16 Å². The van der Waals surface area contributed by atoms with Crippen molar-refractivity contribution in [3.8, 4) is 11.5 Å². The number of benzene rings is 1. The second kappa shape index (κ2) is 6.16. The Morgan fingerprint density at radius 1 is 1.17 bits per heavy atom. The highest BCUT2D eigenvalue weighted by Crippen LogP contribution is 2.34. The van der Waals surface area contributed by atoms with Crippen LogP contribution >= 0.6 is 0 Å². The van der Waals surface area contributed by atoms with E-state index in [0.717, 1.165) is 50.4 Å². The van der Waals surface area contributed by atoms with Crippen molar-refractivity contribution >= 4 is 6.16 Å². The average molecular weight is 333 g/mol. The van der Waals surface area contributed by atoms with Gasteiger partial charge >= 0.3 is 6.16 Å². The zero-order valence-electron chi connectivity index (χ0n) is 14.0. The summed E-state index contributed by atoms with van der Waals surface area (Å²) in [6, 6.07) is 6.19. The van der Waals surface area contributed by atoms with Crippen LogP contribution in [0, 0.1) is 5.92 Å². The Labute approximate surface area is 141 Å². The van der Waals surface area contributed by atoms with Crippen LogP contribution in [0.2, 0.25) is 0 Å². The van der Waals surface area contributed by atoms with Crippen LogP contribution in [0.25, 0.3) is 0 Å². The summed E-state index contributed by atoms with van der Waals surface area (Å²) in [6.07, 6.45) is 2.21. The minimum absolute atomic E-state index is 0.318. The minimum atomic E-state index is -0.514. The van der Waals surface area contributed by atoms with Crippen LogP contribution < -0.4 is 9.47 Å². The molecule has 1 spiro atoms. The van der Waals surface area contributed by atoms with Crippen molar-refractivity contribution in [2.75, 3.05) is 33.0 Å². The molecule has 24 heavy (non-hydrogen) atoms. The van der Waals surface area contributed by atoms with E-state index in [0.29, 0.717) is 19.3 Å². The van der Waals surface area contributed by atoms with E-state index in [-0.39, 0.29) is 5.60 Å². The van der Waals surface area contributed by atoms with E-state index in [9.17, 15) is 4.79 Å². The summed E-state index contributed by atoms with van der Waals surface area (Å²) < 4.78 is 21.1. The molecule has 3 aliphatic rings. The predicted molar refractivity (Wildman–Crippen MR) is 86.3 cm³/mol. The maximum absolute atomic E-state index is 11.2. The number of rotatable bonds is 4. The van der Waals surface area contributed by atoms with Crippen LogP contribution in [-0.4, -0.2) is 49.7 Å². The zero-order chi connectivity index (χ0) is 16.6. The second-order valence-electron chi connectivity index (χ2n) is 7.12. The lowest BCUT2D eigenvalue weighted by atomic mass is 9.91. The van der Waals surface area contributed by atoms with Crippen molar-refractivity contribution < 1.29 is 23.7 Å². The fourth-order valence-corrected chi connectivity index (χ4v) is 3.79. The van der Waals surface area contributed by atoms with Gasteiger partial charge < -0.3 is 23.8 Å². The monoisotopic (exact) mass is 333 g/mol.